The van der Waals surface area contributed by atoms with Gasteiger partial charge in [0.25, 0.3) is 0 Å². The molecule has 3 heterocycles. The molecule has 1 amide bonds. The second-order valence-corrected chi connectivity index (χ2v) is 7.86. The molecule has 6 heteroatoms. The fourth-order valence-electron chi connectivity index (χ4n) is 3.58. The number of nitrogens with zero attached hydrogens (tertiary/aromatic N) is 3. The maximum atomic E-state index is 12.6. The predicted octanol–water partition coefficient (Wildman–Crippen LogP) is 1.02. The number of aliphatic hydroxyl groups excluding tert-OH is 1. The number of carbonyl (C=O) groups is 1. The number of rotatable bonds is 4. The highest BCUT2D eigenvalue weighted by atomic mass is 32.1. The summed E-state index contributed by atoms with van der Waals surface area (Å²) >= 11 is 1.81. The van der Waals surface area contributed by atoms with Crippen LogP contribution < -0.4 is 0 Å². The fraction of sp³-hybridized carbons (Fsp3) is 0.706. The monoisotopic (exact) mass is 337 g/mol. The minimum absolute atomic E-state index is 0.248. The molecule has 1 N–H and O–H groups in total. The maximum Gasteiger partial charge on any atom is 0.237 e. The quantitative estimate of drug-likeness (QED) is 0.891. The predicted molar refractivity (Wildman–Crippen MR) is 92.6 cm³/mol. The summed E-state index contributed by atoms with van der Waals surface area (Å²) in [4.78, 5) is 20.6. The number of thiophene rings is 1. The highest BCUT2D eigenvalue weighted by Gasteiger charge is 2.28. The molecule has 2 atom stereocenters. The summed E-state index contributed by atoms with van der Waals surface area (Å²) in [5.74, 6) is 0.248. The number of hydrogen-bond donors (Lipinski definition) is 1. The first-order chi connectivity index (χ1) is 11.0. The summed E-state index contributed by atoms with van der Waals surface area (Å²) in [6.07, 6.45) is 0.708. The molecule has 0 unspecified atom stereocenters. The van der Waals surface area contributed by atoms with Crippen LogP contribution in [-0.2, 0) is 17.8 Å². The average molecular weight is 337 g/mol. The molecule has 0 saturated carbocycles. The maximum absolute atomic E-state index is 12.6. The summed E-state index contributed by atoms with van der Waals surface area (Å²) in [6.45, 7) is 9.62. The molecule has 0 aliphatic carbocycles. The Kier molecular flexibility index (Phi) is 5.36. The van der Waals surface area contributed by atoms with Crippen LogP contribution in [0.25, 0.3) is 0 Å². The third-order valence-corrected chi connectivity index (χ3v) is 5.89. The van der Waals surface area contributed by atoms with Gasteiger partial charge in [-0.25, -0.2) is 0 Å². The van der Waals surface area contributed by atoms with Crippen LogP contribution in [0.3, 0.4) is 0 Å². The van der Waals surface area contributed by atoms with Gasteiger partial charge in [0.15, 0.2) is 0 Å². The number of aliphatic hydroxyl groups is 1. The number of piperazine rings is 1. The van der Waals surface area contributed by atoms with E-state index in [4.69, 9.17) is 0 Å². The van der Waals surface area contributed by atoms with Crippen LogP contribution in [0.2, 0.25) is 0 Å². The minimum Gasteiger partial charge on any atom is -0.392 e. The molecule has 128 valence electrons. The molecule has 3 rings (SSSR count). The van der Waals surface area contributed by atoms with Crippen molar-refractivity contribution in [3.63, 3.8) is 0 Å². The van der Waals surface area contributed by atoms with Crippen LogP contribution >= 0.6 is 11.3 Å². The van der Waals surface area contributed by atoms with Gasteiger partial charge in [-0.1, -0.05) is 0 Å². The summed E-state index contributed by atoms with van der Waals surface area (Å²) in [5, 5.41) is 11.6. The zero-order valence-electron chi connectivity index (χ0n) is 14.1. The van der Waals surface area contributed by atoms with Crippen molar-refractivity contribution >= 4 is 17.2 Å². The lowest BCUT2D eigenvalue weighted by Gasteiger charge is -2.40. The van der Waals surface area contributed by atoms with Crippen LogP contribution in [0.4, 0.5) is 0 Å². The van der Waals surface area contributed by atoms with Gasteiger partial charge in [0, 0.05) is 50.2 Å². The third kappa shape index (κ3) is 4.12. The van der Waals surface area contributed by atoms with Crippen LogP contribution in [0.15, 0.2) is 11.4 Å². The second-order valence-electron chi connectivity index (χ2n) is 6.86. The standard InChI is InChI=1S/C17H27N3O2S/c1-13-9-18(10-14(2)21)6-7-19(13)12-17(22)20-5-3-16-15(11-20)4-8-23-16/h4,8,13-14,21H,3,5-7,9-12H2,1-2H3/t13-,14-/m0/s1. The lowest BCUT2D eigenvalue weighted by atomic mass is 10.1. The fourth-order valence-corrected chi connectivity index (χ4v) is 4.47. The number of fused-ring (bicyclic) bond motifs is 1. The summed E-state index contributed by atoms with van der Waals surface area (Å²) < 4.78 is 0. The number of amides is 1. The van der Waals surface area contributed by atoms with E-state index in [2.05, 4.69) is 28.2 Å². The zero-order chi connectivity index (χ0) is 16.4. The van der Waals surface area contributed by atoms with Gasteiger partial charge >= 0.3 is 0 Å². The Labute approximate surface area is 142 Å². The Hall–Kier alpha value is -0.950. The highest BCUT2D eigenvalue weighted by Crippen LogP contribution is 2.24. The van der Waals surface area contributed by atoms with Crippen molar-refractivity contribution in [1.29, 1.82) is 0 Å². The Morgan fingerprint density at radius 1 is 1.43 bits per heavy atom. The lowest BCUT2D eigenvalue weighted by Crippen LogP contribution is -2.55. The molecule has 0 radical (unpaired) electrons. The van der Waals surface area contributed by atoms with Gasteiger partial charge < -0.3 is 10.0 Å². The Morgan fingerprint density at radius 3 is 3.00 bits per heavy atom. The van der Waals surface area contributed by atoms with E-state index in [9.17, 15) is 9.90 Å². The van der Waals surface area contributed by atoms with E-state index in [1.807, 2.05) is 11.8 Å². The van der Waals surface area contributed by atoms with E-state index in [0.29, 0.717) is 12.6 Å². The van der Waals surface area contributed by atoms with Gasteiger partial charge in [0.1, 0.15) is 0 Å². The van der Waals surface area contributed by atoms with E-state index in [0.717, 1.165) is 45.7 Å². The van der Waals surface area contributed by atoms with Gasteiger partial charge in [0.05, 0.1) is 12.6 Å². The molecule has 2 aliphatic rings. The largest absolute Gasteiger partial charge is 0.392 e. The SMILES string of the molecule is C[C@H](O)CN1CCN(CC(=O)N2CCc3sccc3C2)[C@@H](C)C1. The topological polar surface area (TPSA) is 47.0 Å². The van der Waals surface area contributed by atoms with E-state index in [-0.39, 0.29) is 12.0 Å². The summed E-state index contributed by atoms with van der Waals surface area (Å²) in [7, 11) is 0. The van der Waals surface area contributed by atoms with Gasteiger partial charge in [0.2, 0.25) is 5.91 Å². The molecular formula is C17H27N3O2S. The number of β-amino-alcohol motifs (C(OH)–C–C–N with tert-alkyl or cyclic N) is 1. The molecule has 1 aromatic rings. The Morgan fingerprint density at radius 2 is 2.26 bits per heavy atom. The van der Waals surface area contributed by atoms with Gasteiger partial charge in [-0.15, -0.1) is 11.3 Å². The molecule has 0 aromatic carbocycles. The van der Waals surface area contributed by atoms with Crippen molar-refractivity contribution in [3.05, 3.63) is 21.9 Å². The van der Waals surface area contributed by atoms with Crippen molar-refractivity contribution in [2.45, 2.75) is 39.0 Å². The second kappa shape index (κ2) is 7.30. The molecule has 23 heavy (non-hydrogen) atoms. The zero-order valence-corrected chi connectivity index (χ0v) is 14.9. The summed E-state index contributed by atoms with van der Waals surface area (Å²) in [5.41, 5.74) is 1.32. The van der Waals surface area contributed by atoms with E-state index >= 15 is 0 Å². The molecule has 1 saturated heterocycles. The number of hydrogen-bond acceptors (Lipinski definition) is 5. The Bertz CT molecular complexity index is 546. The average Bonchev–Trinajstić information content (AvgIpc) is 2.96. The molecular weight excluding hydrogens is 310 g/mol. The van der Waals surface area contributed by atoms with Gasteiger partial charge in [-0.05, 0) is 37.3 Å². The first-order valence-corrected chi connectivity index (χ1v) is 9.38. The van der Waals surface area contributed by atoms with Crippen LogP contribution in [0, 0.1) is 0 Å². The normalized spacial score (nSPS) is 24.5. The summed E-state index contributed by atoms with van der Waals surface area (Å²) in [6, 6.07) is 2.50. The first kappa shape index (κ1) is 16.9. The van der Waals surface area contributed by atoms with Crippen molar-refractivity contribution in [2.24, 2.45) is 0 Å². The molecule has 5 nitrogen and oxygen atoms in total. The van der Waals surface area contributed by atoms with Crippen molar-refractivity contribution in [2.75, 3.05) is 39.3 Å². The molecule has 1 aromatic heterocycles. The van der Waals surface area contributed by atoms with Crippen molar-refractivity contribution in [3.8, 4) is 0 Å². The smallest absolute Gasteiger partial charge is 0.237 e. The molecule has 0 spiro atoms. The van der Waals surface area contributed by atoms with E-state index in [1.54, 1.807) is 11.3 Å². The third-order valence-electron chi connectivity index (χ3n) is 4.87. The lowest BCUT2D eigenvalue weighted by molar-refractivity contribution is -0.134. The molecule has 0 bridgehead atoms. The molecule has 2 aliphatic heterocycles. The van der Waals surface area contributed by atoms with E-state index in [1.165, 1.54) is 10.4 Å². The van der Waals surface area contributed by atoms with Crippen LogP contribution in [0.1, 0.15) is 24.3 Å². The minimum atomic E-state index is -0.288. The Balaban J connectivity index is 1.51. The number of carbonyl (C=O) groups excluding carboxylic acids is 1. The van der Waals surface area contributed by atoms with Crippen LogP contribution in [-0.4, -0.2) is 77.1 Å². The van der Waals surface area contributed by atoms with Crippen molar-refractivity contribution < 1.29 is 9.90 Å². The molecule has 1 fully saturated rings. The first-order valence-electron chi connectivity index (χ1n) is 8.50. The van der Waals surface area contributed by atoms with Crippen molar-refractivity contribution in [1.82, 2.24) is 14.7 Å². The highest BCUT2D eigenvalue weighted by molar-refractivity contribution is 7.10. The van der Waals surface area contributed by atoms with E-state index < -0.39 is 0 Å². The van der Waals surface area contributed by atoms with Gasteiger partial charge in [-0.2, -0.15) is 0 Å². The van der Waals surface area contributed by atoms with Crippen LogP contribution in [0.5, 0.6) is 0 Å². The van der Waals surface area contributed by atoms with Gasteiger partial charge in [-0.3, -0.25) is 14.6 Å².